The lowest BCUT2D eigenvalue weighted by atomic mass is 10.0. The highest BCUT2D eigenvalue weighted by atomic mass is 19.1. The molecule has 0 fully saturated rings. The van der Waals surface area contributed by atoms with E-state index < -0.39 is 11.8 Å². The van der Waals surface area contributed by atoms with E-state index in [1.54, 1.807) is 0 Å². The first-order valence-electron chi connectivity index (χ1n) is 6.25. The van der Waals surface area contributed by atoms with Crippen LogP contribution in [0.5, 0.6) is 0 Å². The number of carbonyl (C=O) groups is 1. The summed E-state index contributed by atoms with van der Waals surface area (Å²) >= 11 is 0. The summed E-state index contributed by atoms with van der Waals surface area (Å²) < 4.78 is 13.0. The van der Waals surface area contributed by atoms with Gasteiger partial charge in [-0.1, -0.05) is 37.3 Å². The van der Waals surface area contributed by atoms with Crippen molar-refractivity contribution < 1.29 is 14.3 Å². The van der Waals surface area contributed by atoms with Crippen LogP contribution < -0.4 is 5.32 Å². The second-order valence-corrected chi connectivity index (χ2v) is 4.55. The molecule has 0 radical (unpaired) electrons. The lowest BCUT2D eigenvalue weighted by molar-refractivity contribution is 0.0697. The molecule has 2 rings (SSSR count). The van der Waals surface area contributed by atoms with Crippen LogP contribution in [0.3, 0.4) is 0 Å². The van der Waals surface area contributed by atoms with Gasteiger partial charge in [-0.3, -0.25) is 0 Å². The highest BCUT2D eigenvalue weighted by molar-refractivity contribution is 5.93. The fraction of sp³-hybridized carbons (Fsp3) is 0.200. The van der Waals surface area contributed by atoms with Crippen molar-refractivity contribution in [2.45, 2.75) is 12.8 Å². The van der Waals surface area contributed by atoms with Gasteiger partial charge in [0.25, 0.3) is 0 Å². The summed E-state index contributed by atoms with van der Waals surface area (Å²) in [5, 5.41) is 12.0. The Kier molecular flexibility index (Phi) is 4.30. The molecular formula is C15H15FN2O2. The first-order valence-corrected chi connectivity index (χ1v) is 6.25. The molecular weight excluding hydrogens is 259 g/mol. The van der Waals surface area contributed by atoms with Gasteiger partial charge in [0, 0.05) is 6.54 Å². The minimum atomic E-state index is -1.20. The summed E-state index contributed by atoms with van der Waals surface area (Å²) in [5.41, 5.74) is 0.976. The molecule has 104 valence electrons. The second-order valence-electron chi connectivity index (χ2n) is 4.55. The van der Waals surface area contributed by atoms with Crippen LogP contribution >= 0.6 is 0 Å². The van der Waals surface area contributed by atoms with Crippen molar-refractivity contribution in [1.82, 2.24) is 4.98 Å². The van der Waals surface area contributed by atoms with Gasteiger partial charge in [0.15, 0.2) is 0 Å². The molecule has 2 N–H and O–H groups in total. The zero-order valence-electron chi connectivity index (χ0n) is 11.0. The molecule has 0 spiro atoms. The van der Waals surface area contributed by atoms with Crippen molar-refractivity contribution in [2.24, 2.45) is 0 Å². The highest BCUT2D eigenvalue weighted by Crippen LogP contribution is 2.18. The molecule has 0 bridgehead atoms. The highest BCUT2D eigenvalue weighted by Gasteiger charge is 2.14. The van der Waals surface area contributed by atoms with Crippen molar-refractivity contribution in [1.29, 1.82) is 0 Å². The number of aromatic nitrogens is 1. The number of rotatable bonds is 5. The van der Waals surface area contributed by atoms with Crippen LogP contribution in [0.25, 0.3) is 0 Å². The standard InChI is InChI=1S/C15H15FN2O2/c1-10(11-5-3-2-4-6-11)8-17-14-13(15(19)20)7-12(16)9-18-14/h2-7,9-10H,8H2,1H3,(H,17,18)(H,19,20). The summed E-state index contributed by atoms with van der Waals surface area (Å²) in [5.74, 6) is -1.50. The van der Waals surface area contributed by atoms with Crippen molar-refractivity contribution in [3.8, 4) is 0 Å². The van der Waals surface area contributed by atoms with Crippen LogP contribution in [0.2, 0.25) is 0 Å². The Morgan fingerprint density at radius 2 is 2.10 bits per heavy atom. The molecule has 0 saturated carbocycles. The topological polar surface area (TPSA) is 62.2 Å². The SMILES string of the molecule is CC(CNc1ncc(F)cc1C(=O)O)c1ccccc1. The quantitative estimate of drug-likeness (QED) is 0.879. The van der Waals surface area contributed by atoms with Crippen LogP contribution in [0.15, 0.2) is 42.6 Å². The van der Waals surface area contributed by atoms with Crippen LogP contribution in [-0.4, -0.2) is 22.6 Å². The smallest absolute Gasteiger partial charge is 0.339 e. The van der Waals surface area contributed by atoms with Gasteiger partial charge >= 0.3 is 5.97 Å². The summed E-state index contributed by atoms with van der Waals surface area (Å²) in [6.45, 7) is 2.54. The van der Waals surface area contributed by atoms with Crippen molar-refractivity contribution in [3.05, 3.63) is 59.5 Å². The van der Waals surface area contributed by atoms with Crippen LogP contribution in [-0.2, 0) is 0 Å². The molecule has 2 aromatic rings. The molecule has 1 unspecified atom stereocenters. The van der Waals surface area contributed by atoms with Crippen LogP contribution in [0.1, 0.15) is 28.8 Å². The van der Waals surface area contributed by atoms with Gasteiger partial charge < -0.3 is 10.4 Å². The first-order chi connectivity index (χ1) is 9.58. The Labute approximate surface area is 116 Å². The van der Waals surface area contributed by atoms with Crippen LogP contribution in [0.4, 0.5) is 10.2 Å². The van der Waals surface area contributed by atoms with E-state index in [0.717, 1.165) is 17.8 Å². The molecule has 20 heavy (non-hydrogen) atoms. The zero-order valence-corrected chi connectivity index (χ0v) is 11.0. The number of carboxylic acids is 1. The number of aromatic carboxylic acids is 1. The Bertz CT molecular complexity index is 602. The van der Waals surface area contributed by atoms with E-state index in [1.165, 1.54) is 0 Å². The van der Waals surface area contributed by atoms with E-state index in [9.17, 15) is 9.18 Å². The molecule has 4 nitrogen and oxygen atoms in total. The Morgan fingerprint density at radius 1 is 1.40 bits per heavy atom. The molecule has 0 saturated heterocycles. The third-order valence-corrected chi connectivity index (χ3v) is 3.03. The van der Waals surface area contributed by atoms with Gasteiger partial charge in [-0.15, -0.1) is 0 Å². The monoisotopic (exact) mass is 274 g/mol. The first kappa shape index (κ1) is 14.0. The lowest BCUT2D eigenvalue weighted by Crippen LogP contribution is -2.14. The number of nitrogens with zero attached hydrogens (tertiary/aromatic N) is 1. The summed E-state index contributed by atoms with van der Waals surface area (Å²) in [7, 11) is 0. The normalized spacial score (nSPS) is 11.9. The van der Waals surface area contributed by atoms with E-state index >= 15 is 0 Å². The van der Waals surface area contributed by atoms with Gasteiger partial charge in [0.2, 0.25) is 0 Å². The van der Waals surface area contributed by atoms with E-state index in [4.69, 9.17) is 5.11 Å². The number of hydrogen-bond donors (Lipinski definition) is 2. The summed E-state index contributed by atoms with van der Waals surface area (Å²) in [6.07, 6.45) is 1.00. The molecule has 0 aliphatic rings. The van der Waals surface area contributed by atoms with Crippen molar-refractivity contribution in [2.75, 3.05) is 11.9 Å². The van der Waals surface area contributed by atoms with E-state index in [1.807, 2.05) is 37.3 Å². The van der Waals surface area contributed by atoms with Gasteiger partial charge in [-0.2, -0.15) is 0 Å². The summed E-state index contributed by atoms with van der Waals surface area (Å²) in [4.78, 5) is 14.8. The van der Waals surface area contributed by atoms with Gasteiger partial charge in [0.05, 0.1) is 6.20 Å². The average molecular weight is 274 g/mol. The lowest BCUT2D eigenvalue weighted by Gasteiger charge is -2.14. The van der Waals surface area contributed by atoms with Gasteiger partial charge in [-0.05, 0) is 17.5 Å². The number of nitrogens with one attached hydrogen (secondary N) is 1. The number of halogens is 1. The number of anilines is 1. The number of pyridine rings is 1. The summed E-state index contributed by atoms with van der Waals surface area (Å²) in [6, 6.07) is 10.8. The predicted octanol–water partition coefficient (Wildman–Crippen LogP) is 3.13. The molecule has 1 heterocycles. The fourth-order valence-electron chi connectivity index (χ4n) is 1.89. The number of benzene rings is 1. The fourth-order valence-corrected chi connectivity index (χ4v) is 1.89. The maximum absolute atomic E-state index is 13.0. The Balaban J connectivity index is 2.09. The Morgan fingerprint density at radius 3 is 2.75 bits per heavy atom. The molecule has 1 aromatic carbocycles. The number of carboxylic acid groups (broad SMARTS) is 1. The third kappa shape index (κ3) is 3.32. The third-order valence-electron chi connectivity index (χ3n) is 3.03. The van der Waals surface area contributed by atoms with Crippen LogP contribution in [0, 0.1) is 5.82 Å². The average Bonchev–Trinajstić information content (AvgIpc) is 2.46. The molecule has 0 aliphatic carbocycles. The minimum Gasteiger partial charge on any atom is -0.478 e. The maximum atomic E-state index is 13.0. The molecule has 5 heteroatoms. The van der Waals surface area contributed by atoms with Gasteiger partial charge in [0.1, 0.15) is 17.2 Å². The van der Waals surface area contributed by atoms with E-state index in [0.29, 0.717) is 6.54 Å². The molecule has 0 amide bonds. The van der Waals surface area contributed by atoms with E-state index in [2.05, 4.69) is 10.3 Å². The zero-order chi connectivity index (χ0) is 14.5. The predicted molar refractivity (Wildman–Crippen MR) is 74.5 cm³/mol. The minimum absolute atomic E-state index is 0.162. The number of hydrogen-bond acceptors (Lipinski definition) is 3. The second kappa shape index (κ2) is 6.14. The molecule has 0 aliphatic heterocycles. The van der Waals surface area contributed by atoms with Crippen molar-refractivity contribution >= 4 is 11.8 Å². The Hall–Kier alpha value is -2.43. The van der Waals surface area contributed by atoms with Gasteiger partial charge in [-0.25, -0.2) is 14.2 Å². The maximum Gasteiger partial charge on any atom is 0.339 e. The molecule has 1 atom stereocenters. The van der Waals surface area contributed by atoms with E-state index in [-0.39, 0.29) is 17.3 Å². The molecule has 1 aromatic heterocycles. The largest absolute Gasteiger partial charge is 0.478 e. The van der Waals surface area contributed by atoms with Crippen molar-refractivity contribution in [3.63, 3.8) is 0 Å².